The SMILES string of the molecule is CN=C(NCc1scnc1C)NCC(C)(C)Cc1cccc(Cl)c1. The molecule has 0 atom stereocenters. The summed E-state index contributed by atoms with van der Waals surface area (Å²) in [4.78, 5) is 9.80. The van der Waals surface area contributed by atoms with E-state index in [-0.39, 0.29) is 5.41 Å². The lowest BCUT2D eigenvalue weighted by Gasteiger charge is -2.26. The van der Waals surface area contributed by atoms with Crippen LogP contribution in [0.5, 0.6) is 0 Å². The van der Waals surface area contributed by atoms with Crippen molar-refractivity contribution in [2.45, 2.75) is 33.7 Å². The van der Waals surface area contributed by atoms with Crippen LogP contribution in [0.3, 0.4) is 0 Å². The van der Waals surface area contributed by atoms with Crippen LogP contribution in [0.4, 0.5) is 0 Å². The molecule has 2 N–H and O–H groups in total. The number of aromatic nitrogens is 1. The Morgan fingerprint density at radius 1 is 1.33 bits per heavy atom. The number of rotatable bonds is 6. The van der Waals surface area contributed by atoms with E-state index in [2.05, 4.69) is 40.5 Å². The Kier molecular flexibility index (Phi) is 6.63. The lowest BCUT2D eigenvalue weighted by atomic mass is 9.86. The fraction of sp³-hybridized carbons (Fsp3) is 0.444. The van der Waals surface area contributed by atoms with E-state index >= 15 is 0 Å². The second kappa shape index (κ2) is 8.49. The molecule has 0 saturated carbocycles. The van der Waals surface area contributed by atoms with Gasteiger partial charge in [-0.1, -0.05) is 37.6 Å². The van der Waals surface area contributed by atoms with Gasteiger partial charge >= 0.3 is 0 Å². The average molecular weight is 365 g/mol. The van der Waals surface area contributed by atoms with E-state index in [0.717, 1.165) is 36.2 Å². The smallest absolute Gasteiger partial charge is 0.191 e. The monoisotopic (exact) mass is 364 g/mol. The van der Waals surface area contributed by atoms with Gasteiger partial charge in [-0.05, 0) is 36.5 Å². The third-order valence-electron chi connectivity index (χ3n) is 3.79. The molecule has 0 aliphatic carbocycles. The maximum atomic E-state index is 6.08. The number of nitrogens with zero attached hydrogens (tertiary/aromatic N) is 2. The van der Waals surface area contributed by atoms with Gasteiger partial charge in [0, 0.05) is 23.5 Å². The molecule has 0 bridgehead atoms. The van der Waals surface area contributed by atoms with E-state index < -0.39 is 0 Å². The molecule has 6 heteroatoms. The minimum Gasteiger partial charge on any atom is -0.356 e. The minimum atomic E-state index is 0.0860. The topological polar surface area (TPSA) is 49.3 Å². The Morgan fingerprint density at radius 2 is 2.12 bits per heavy atom. The normalized spacial score (nSPS) is 12.3. The highest BCUT2D eigenvalue weighted by Crippen LogP contribution is 2.22. The van der Waals surface area contributed by atoms with Gasteiger partial charge in [0.25, 0.3) is 0 Å². The predicted molar refractivity (Wildman–Crippen MR) is 104 cm³/mol. The number of halogens is 1. The maximum absolute atomic E-state index is 6.08. The van der Waals surface area contributed by atoms with Crippen LogP contribution < -0.4 is 10.6 Å². The van der Waals surface area contributed by atoms with Crippen molar-refractivity contribution < 1.29 is 0 Å². The van der Waals surface area contributed by atoms with Gasteiger partial charge in [-0.15, -0.1) is 11.3 Å². The molecule has 2 rings (SSSR count). The third-order valence-corrected chi connectivity index (χ3v) is 4.96. The number of hydrogen-bond acceptors (Lipinski definition) is 3. The molecule has 0 saturated heterocycles. The van der Waals surface area contributed by atoms with Crippen LogP contribution in [0.15, 0.2) is 34.8 Å². The first-order valence-electron chi connectivity index (χ1n) is 7.97. The van der Waals surface area contributed by atoms with Crippen molar-refractivity contribution in [3.63, 3.8) is 0 Å². The minimum absolute atomic E-state index is 0.0860. The summed E-state index contributed by atoms with van der Waals surface area (Å²) in [5.41, 5.74) is 4.28. The molecule has 0 radical (unpaired) electrons. The quantitative estimate of drug-likeness (QED) is 0.600. The van der Waals surface area contributed by atoms with Gasteiger partial charge in [-0.3, -0.25) is 4.99 Å². The van der Waals surface area contributed by atoms with Gasteiger partial charge in [-0.25, -0.2) is 4.98 Å². The number of benzene rings is 1. The summed E-state index contributed by atoms with van der Waals surface area (Å²) < 4.78 is 0. The van der Waals surface area contributed by atoms with Crippen molar-refractivity contribution in [2.24, 2.45) is 10.4 Å². The highest BCUT2D eigenvalue weighted by atomic mass is 35.5. The van der Waals surface area contributed by atoms with Crippen molar-refractivity contribution >= 4 is 28.9 Å². The molecule has 1 aromatic carbocycles. The molecule has 0 unspecified atom stereocenters. The molecule has 0 amide bonds. The number of aliphatic imine (C=N–C) groups is 1. The van der Waals surface area contributed by atoms with Crippen LogP contribution >= 0.6 is 22.9 Å². The van der Waals surface area contributed by atoms with Crippen LogP contribution in [0, 0.1) is 12.3 Å². The zero-order valence-corrected chi connectivity index (χ0v) is 16.3. The molecule has 0 aliphatic heterocycles. The van der Waals surface area contributed by atoms with E-state index in [9.17, 15) is 0 Å². The molecule has 2 aromatic rings. The summed E-state index contributed by atoms with van der Waals surface area (Å²) in [6.45, 7) is 8.06. The van der Waals surface area contributed by atoms with Crippen LogP contribution in [-0.4, -0.2) is 24.5 Å². The summed E-state index contributed by atoms with van der Waals surface area (Å²) >= 11 is 7.74. The van der Waals surface area contributed by atoms with Crippen molar-refractivity contribution in [1.82, 2.24) is 15.6 Å². The summed E-state index contributed by atoms with van der Waals surface area (Å²) in [5, 5.41) is 7.55. The number of thiazole rings is 1. The molecular weight excluding hydrogens is 340 g/mol. The highest BCUT2D eigenvalue weighted by Gasteiger charge is 2.19. The molecule has 1 aromatic heterocycles. The summed E-state index contributed by atoms with van der Waals surface area (Å²) in [7, 11) is 1.79. The first-order valence-corrected chi connectivity index (χ1v) is 9.23. The Balaban J connectivity index is 1.86. The molecule has 0 fully saturated rings. The van der Waals surface area contributed by atoms with Crippen molar-refractivity contribution in [1.29, 1.82) is 0 Å². The van der Waals surface area contributed by atoms with E-state index in [4.69, 9.17) is 11.6 Å². The van der Waals surface area contributed by atoms with Gasteiger partial charge in [0.2, 0.25) is 0 Å². The Bertz CT molecular complexity index is 694. The maximum Gasteiger partial charge on any atom is 0.191 e. The molecule has 0 spiro atoms. The number of hydrogen-bond donors (Lipinski definition) is 2. The van der Waals surface area contributed by atoms with Gasteiger partial charge in [0.1, 0.15) is 0 Å². The van der Waals surface area contributed by atoms with E-state index in [0.29, 0.717) is 0 Å². The van der Waals surface area contributed by atoms with Crippen LogP contribution in [0.1, 0.15) is 30.0 Å². The first-order chi connectivity index (χ1) is 11.4. The lowest BCUT2D eigenvalue weighted by Crippen LogP contribution is -2.42. The fourth-order valence-electron chi connectivity index (χ4n) is 2.47. The molecule has 24 heavy (non-hydrogen) atoms. The van der Waals surface area contributed by atoms with E-state index in [1.807, 2.05) is 30.6 Å². The van der Waals surface area contributed by atoms with Crippen molar-refractivity contribution in [3.8, 4) is 0 Å². The van der Waals surface area contributed by atoms with Crippen molar-refractivity contribution in [2.75, 3.05) is 13.6 Å². The number of aryl methyl sites for hydroxylation is 1. The molecule has 4 nitrogen and oxygen atoms in total. The zero-order chi connectivity index (χ0) is 17.6. The van der Waals surface area contributed by atoms with Crippen LogP contribution in [0.2, 0.25) is 5.02 Å². The fourth-order valence-corrected chi connectivity index (χ4v) is 3.40. The Labute approximate surface area is 153 Å². The van der Waals surface area contributed by atoms with Crippen LogP contribution in [-0.2, 0) is 13.0 Å². The van der Waals surface area contributed by atoms with Gasteiger partial charge < -0.3 is 10.6 Å². The second-order valence-electron chi connectivity index (χ2n) is 6.61. The molecule has 0 aliphatic rings. The predicted octanol–water partition coefficient (Wildman–Crippen LogP) is 4.04. The molecule has 130 valence electrons. The van der Waals surface area contributed by atoms with Crippen molar-refractivity contribution in [3.05, 3.63) is 50.9 Å². The van der Waals surface area contributed by atoms with Crippen LogP contribution in [0.25, 0.3) is 0 Å². The van der Waals surface area contributed by atoms with Gasteiger partial charge in [0.05, 0.1) is 17.7 Å². The second-order valence-corrected chi connectivity index (χ2v) is 7.99. The van der Waals surface area contributed by atoms with Gasteiger partial charge in [-0.2, -0.15) is 0 Å². The summed E-state index contributed by atoms with van der Waals surface area (Å²) in [6.07, 6.45) is 0.950. The zero-order valence-electron chi connectivity index (χ0n) is 14.7. The Hall–Kier alpha value is -1.59. The van der Waals surface area contributed by atoms with Gasteiger partial charge in [0.15, 0.2) is 5.96 Å². The first kappa shape index (κ1) is 18.7. The largest absolute Gasteiger partial charge is 0.356 e. The standard InChI is InChI=1S/C18H25ClN4S/c1-13-16(24-12-23-13)10-21-17(20-4)22-11-18(2,3)9-14-6-5-7-15(19)8-14/h5-8,12H,9-11H2,1-4H3,(H2,20,21,22). The third kappa shape index (κ3) is 5.80. The summed E-state index contributed by atoms with van der Waals surface area (Å²) in [6, 6.07) is 8.05. The number of nitrogens with one attached hydrogen (secondary N) is 2. The molecular formula is C18H25ClN4S. The number of guanidine groups is 1. The average Bonchev–Trinajstić information content (AvgIpc) is 2.92. The van der Waals surface area contributed by atoms with E-state index in [1.165, 1.54) is 10.4 Å². The highest BCUT2D eigenvalue weighted by molar-refractivity contribution is 7.09. The molecule has 1 heterocycles. The lowest BCUT2D eigenvalue weighted by molar-refractivity contribution is 0.359. The van der Waals surface area contributed by atoms with E-state index in [1.54, 1.807) is 18.4 Å². The Morgan fingerprint density at radius 3 is 2.75 bits per heavy atom. The summed E-state index contributed by atoms with van der Waals surface area (Å²) in [5.74, 6) is 0.807.